The van der Waals surface area contributed by atoms with Gasteiger partial charge in [-0.05, 0) is 30.5 Å². The Kier molecular flexibility index (Phi) is 4.55. The highest BCUT2D eigenvalue weighted by Crippen LogP contribution is 2.18. The number of aryl methyl sites for hydroxylation is 1. The topological polar surface area (TPSA) is 67.0 Å². The summed E-state index contributed by atoms with van der Waals surface area (Å²) in [4.78, 5) is 19.4. The summed E-state index contributed by atoms with van der Waals surface area (Å²) in [6.45, 7) is -2.84. The lowest BCUT2D eigenvalue weighted by Crippen LogP contribution is -2.39. The second-order valence-corrected chi connectivity index (χ2v) is 5.53. The number of hydrogen-bond acceptors (Lipinski definition) is 3. The van der Waals surface area contributed by atoms with Crippen molar-refractivity contribution < 1.29 is 18.3 Å². The minimum Gasteiger partial charge on any atom is -0.435 e. The highest BCUT2D eigenvalue weighted by Gasteiger charge is 2.21. The van der Waals surface area contributed by atoms with Gasteiger partial charge >= 0.3 is 6.61 Å². The molecule has 1 heterocycles. The lowest BCUT2D eigenvalue weighted by atomic mass is 9.96. The molecular weight excluding hydrogens is 304 g/mol. The Morgan fingerprint density at radius 2 is 2.17 bits per heavy atom. The Labute approximate surface area is 132 Å². The van der Waals surface area contributed by atoms with Gasteiger partial charge in [0.15, 0.2) is 0 Å². The standard InChI is InChI=1S/C16H17F2N3O2/c17-16(18)23-12-4-1-10(2-5-12)7-15(22)21-11-3-6-13-14(8-11)20-9-19-13/h1-2,4-5,9,11,16H,3,6-8H2,(H,19,20)(H,21,22)/t11-/m0/s1. The van der Waals surface area contributed by atoms with E-state index < -0.39 is 6.61 Å². The van der Waals surface area contributed by atoms with Crippen molar-refractivity contribution in [1.29, 1.82) is 0 Å². The fourth-order valence-corrected chi connectivity index (χ4v) is 2.78. The van der Waals surface area contributed by atoms with Gasteiger partial charge in [-0.2, -0.15) is 8.78 Å². The van der Waals surface area contributed by atoms with Crippen LogP contribution in [0.4, 0.5) is 8.78 Å². The molecule has 1 atom stereocenters. The van der Waals surface area contributed by atoms with Crippen LogP contribution in [0, 0.1) is 0 Å². The number of nitrogens with zero attached hydrogens (tertiary/aromatic N) is 1. The molecule has 0 aliphatic heterocycles. The van der Waals surface area contributed by atoms with Crippen LogP contribution in [0.3, 0.4) is 0 Å². The maximum Gasteiger partial charge on any atom is 0.387 e. The molecule has 1 aromatic heterocycles. The van der Waals surface area contributed by atoms with Crippen LogP contribution in [0.2, 0.25) is 0 Å². The summed E-state index contributed by atoms with van der Waals surface area (Å²) in [5.74, 6) is 0.00343. The molecule has 0 fully saturated rings. The molecule has 0 unspecified atom stereocenters. The maximum absolute atomic E-state index is 12.1. The zero-order chi connectivity index (χ0) is 16.2. The Morgan fingerprint density at radius 3 is 2.91 bits per heavy atom. The summed E-state index contributed by atoms with van der Waals surface area (Å²) in [5.41, 5.74) is 2.90. The molecule has 122 valence electrons. The molecule has 7 heteroatoms. The van der Waals surface area contributed by atoms with E-state index in [1.165, 1.54) is 12.1 Å². The molecule has 0 saturated heterocycles. The zero-order valence-electron chi connectivity index (χ0n) is 12.4. The summed E-state index contributed by atoms with van der Waals surface area (Å²) in [5, 5.41) is 3.01. The third-order valence-corrected chi connectivity index (χ3v) is 3.87. The lowest BCUT2D eigenvalue weighted by Gasteiger charge is -2.22. The number of hydrogen-bond donors (Lipinski definition) is 2. The highest BCUT2D eigenvalue weighted by molar-refractivity contribution is 5.79. The minimum atomic E-state index is -2.84. The van der Waals surface area contributed by atoms with Gasteiger partial charge in [0.1, 0.15) is 5.75 Å². The molecule has 1 aliphatic rings. The van der Waals surface area contributed by atoms with Gasteiger partial charge < -0.3 is 15.0 Å². The first-order valence-corrected chi connectivity index (χ1v) is 7.44. The number of carbonyl (C=O) groups is 1. The number of halogens is 2. The van der Waals surface area contributed by atoms with Crippen molar-refractivity contribution in [2.24, 2.45) is 0 Å². The number of fused-ring (bicyclic) bond motifs is 1. The number of aromatic amines is 1. The Balaban J connectivity index is 1.51. The number of rotatable bonds is 5. The number of aromatic nitrogens is 2. The predicted molar refractivity (Wildman–Crippen MR) is 79.3 cm³/mol. The van der Waals surface area contributed by atoms with Crippen molar-refractivity contribution >= 4 is 5.91 Å². The van der Waals surface area contributed by atoms with E-state index in [9.17, 15) is 13.6 Å². The first-order valence-electron chi connectivity index (χ1n) is 7.44. The van der Waals surface area contributed by atoms with Crippen molar-refractivity contribution in [2.45, 2.75) is 38.3 Å². The normalized spacial score (nSPS) is 16.9. The number of carbonyl (C=O) groups excluding carboxylic acids is 1. The van der Waals surface area contributed by atoms with Gasteiger partial charge in [-0.1, -0.05) is 12.1 Å². The SMILES string of the molecule is O=C(Cc1ccc(OC(F)F)cc1)N[C@H]1CCc2nc[nH]c2C1. The Bertz CT molecular complexity index is 670. The number of H-pyrrole nitrogens is 1. The van der Waals surface area contributed by atoms with Crippen molar-refractivity contribution in [3.05, 3.63) is 47.5 Å². The predicted octanol–water partition coefficient (Wildman–Crippen LogP) is 2.23. The average molecular weight is 321 g/mol. The first-order chi connectivity index (χ1) is 11.1. The van der Waals surface area contributed by atoms with Gasteiger partial charge in [0, 0.05) is 18.2 Å². The zero-order valence-corrected chi connectivity index (χ0v) is 12.4. The van der Waals surface area contributed by atoms with E-state index >= 15 is 0 Å². The molecule has 1 aromatic carbocycles. The van der Waals surface area contributed by atoms with E-state index in [4.69, 9.17) is 0 Å². The monoisotopic (exact) mass is 321 g/mol. The van der Waals surface area contributed by atoms with Crippen LogP contribution in [-0.2, 0) is 24.1 Å². The molecule has 23 heavy (non-hydrogen) atoms. The second-order valence-electron chi connectivity index (χ2n) is 5.53. The molecule has 0 saturated carbocycles. The van der Waals surface area contributed by atoms with Gasteiger partial charge in [-0.3, -0.25) is 4.79 Å². The number of alkyl halides is 2. The van der Waals surface area contributed by atoms with Crippen LogP contribution in [0.15, 0.2) is 30.6 Å². The third kappa shape index (κ3) is 4.06. The van der Waals surface area contributed by atoms with Crippen LogP contribution in [0.25, 0.3) is 0 Å². The van der Waals surface area contributed by atoms with E-state index in [0.717, 1.165) is 36.2 Å². The summed E-state index contributed by atoms with van der Waals surface area (Å²) in [6, 6.07) is 6.20. The van der Waals surface area contributed by atoms with Crippen LogP contribution in [0.5, 0.6) is 5.75 Å². The number of nitrogens with one attached hydrogen (secondary N) is 2. The van der Waals surface area contributed by atoms with Crippen LogP contribution >= 0.6 is 0 Å². The number of imidazole rings is 1. The number of benzene rings is 1. The van der Waals surface area contributed by atoms with Crippen molar-refractivity contribution in [3.63, 3.8) is 0 Å². The molecule has 0 bridgehead atoms. The smallest absolute Gasteiger partial charge is 0.387 e. The molecule has 5 nitrogen and oxygen atoms in total. The molecule has 2 N–H and O–H groups in total. The molecule has 0 radical (unpaired) electrons. The fourth-order valence-electron chi connectivity index (χ4n) is 2.78. The van der Waals surface area contributed by atoms with Gasteiger partial charge in [-0.25, -0.2) is 4.98 Å². The third-order valence-electron chi connectivity index (χ3n) is 3.87. The molecule has 1 aliphatic carbocycles. The maximum atomic E-state index is 12.1. The molecule has 2 aromatic rings. The van der Waals surface area contributed by atoms with Gasteiger partial charge in [-0.15, -0.1) is 0 Å². The summed E-state index contributed by atoms with van der Waals surface area (Å²) in [6.07, 6.45) is 4.36. The number of ether oxygens (including phenoxy) is 1. The summed E-state index contributed by atoms with van der Waals surface area (Å²) < 4.78 is 28.4. The molecule has 1 amide bonds. The second kappa shape index (κ2) is 6.76. The van der Waals surface area contributed by atoms with Gasteiger partial charge in [0.05, 0.1) is 18.4 Å². The van der Waals surface area contributed by atoms with Crippen molar-refractivity contribution in [1.82, 2.24) is 15.3 Å². The highest BCUT2D eigenvalue weighted by atomic mass is 19.3. The van der Waals surface area contributed by atoms with Gasteiger partial charge in [0.25, 0.3) is 0 Å². The molecular formula is C16H17F2N3O2. The van der Waals surface area contributed by atoms with E-state index in [0.29, 0.717) is 0 Å². The lowest BCUT2D eigenvalue weighted by molar-refractivity contribution is -0.121. The quantitative estimate of drug-likeness (QED) is 0.887. The largest absolute Gasteiger partial charge is 0.435 e. The number of amides is 1. The van der Waals surface area contributed by atoms with E-state index in [-0.39, 0.29) is 24.1 Å². The minimum absolute atomic E-state index is 0.0829. The van der Waals surface area contributed by atoms with E-state index in [2.05, 4.69) is 20.0 Å². The van der Waals surface area contributed by atoms with Crippen molar-refractivity contribution in [3.8, 4) is 5.75 Å². The van der Waals surface area contributed by atoms with Crippen LogP contribution in [-0.4, -0.2) is 28.5 Å². The molecule has 0 spiro atoms. The Morgan fingerprint density at radius 1 is 1.39 bits per heavy atom. The fraction of sp³-hybridized carbons (Fsp3) is 0.375. The average Bonchev–Trinajstić information content (AvgIpc) is 2.96. The summed E-state index contributed by atoms with van der Waals surface area (Å²) in [7, 11) is 0. The van der Waals surface area contributed by atoms with E-state index in [1.807, 2.05) is 0 Å². The van der Waals surface area contributed by atoms with Gasteiger partial charge in [0.2, 0.25) is 5.91 Å². The van der Waals surface area contributed by atoms with E-state index in [1.54, 1.807) is 18.5 Å². The Hall–Kier alpha value is -2.44. The van der Waals surface area contributed by atoms with Crippen LogP contribution in [0.1, 0.15) is 23.4 Å². The van der Waals surface area contributed by atoms with Crippen LogP contribution < -0.4 is 10.1 Å². The first kappa shape index (κ1) is 15.5. The molecule has 3 rings (SSSR count). The summed E-state index contributed by atoms with van der Waals surface area (Å²) >= 11 is 0. The van der Waals surface area contributed by atoms with Crippen molar-refractivity contribution in [2.75, 3.05) is 0 Å².